The Balaban J connectivity index is 2.14. The van der Waals surface area contributed by atoms with Gasteiger partial charge in [-0.2, -0.15) is 0 Å². The van der Waals surface area contributed by atoms with E-state index in [1.54, 1.807) is 18.6 Å². The number of pyridine rings is 2. The second kappa shape index (κ2) is 5.30. The van der Waals surface area contributed by atoms with Crippen molar-refractivity contribution in [2.45, 2.75) is 13.5 Å². The molecule has 0 bridgehead atoms. The van der Waals surface area contributed by atoms with Crippen molar-refractivity contribution in [3.05, 3.63) is 48.4 Å². The largest absolute Gasteiger partial charge is 0.397 e. The molecule has 88 valence electrons. The molecule has 2 rings (SSSR count). The minimum absolute atomic E-state index is 0.689. The first-order valence-corrected chi connectivity index (χ1v) is 5.65. The summed E-state index contributed by atoms with van der Waals surface area (Å²) in [5.41, 5.74) is 7.54. The molecule has 0 saturated carbocycles. The summed E-state index contributed by atoms with van der Waals surface area (Å²) < 4.78 is 0. The van der Waals surface area contributed by atoms with Crippen LogP contribution in [0.5, 0.6) is 0 Å². The maximum atomic E-state index is 5.63. The highest BCUT2D eigenvalue weighted by Crippen LogP contribution is 2.14. The highest BCUT2D eigenvalue weighted by atomic mass is 15.2. The molecule has 17 heavy (non-hydrogen) atoms. The standard InChI is InChI=1S/C13H16N4/c1-2-17(10-11-5-7-15-8-6-11)13-4-3-12(14)9-16-13/h3-9H,2,10,14H2,1H3. The molecule has 0 aliphatic carbocycles. The average Bonchev–Trinajstić information content (AvgIpc) is 2.38. The Morgan fingerprint density at radius 1 is 1.18 bits per heavy atom. The van der Waals surface area contributed by atoms with E-state index in [-0.39, 0.29) is 0 Å². The lowest BCUT2D eigenvalue weighted by Crippen LogP contribution is -2.22. The molecule has 0 aromatic carbocycles. The zero-order valence-electron chi connectivity index (χ0n) is 9.87. The highest BCUT2D eigenvalue weighted by Gasteiger charge is 2.05. The van der Waals surface area contributed by atoms with Crippen LogP contribution in [0, 0.1) is 0 Å². The number of anilines is 2. The van der Waals surface area contributed by atoms with Gasteiger partial charge in [0.05, 0.1) is 11.9 Å². The van der Waals surface area contributed by atoms with Crippen molar-refractivity contribution in [3.8, 4) is 0 Å². The molecule has 2 aromatic rings. The number of nitrogen functional groups attached to an aromatic ring is 1. The quantitative estimate of drug-likeness (QED) is 0.870. The van der Waals surface area contributed by atoms with Crippen LogP contribution < -0.4 is 10.6 Å². The summed E-state index contributed by atoms with van der Waals surface area (Å²) in [5, 5.41) is 0. The van der Waals surface area contributed by atoms with Crippen molar-refractivity contribution < 1.29 is 0 Å². The minimum atomic E-state index is 0.689. The van der Waals surface area contributed by atoms with Gasteiger partial charge in [0.15, 0.2) is 0 Å². The summed E-state index contributed by atoms with van der Waals surface area (Å²) in [6.45, 7) is 3.84. The maximum absolute atomic E-state index is 5.63. The predicted molar refractivity (Wildman–Crippen MR) is 69.6 cm³/mol. The fourth-order valence-electron chi connectivity index (χ4n) is 1.65. The van der Waals surface area contributed by atoms with Crippen LogP contribution in [-0.2, 0) is 6.54 Å². The Hall–Kier alpha value is -2.10. The van der Waals surface area contributed by atoms with Crippen molar-refractivity contribution in [3.63, 3.8) is 0 Å². The molecule has 4 heteroatoms. The van der Waals surface area contributed by atoms with E-state index in [4.69, 9.17) is 5.73 Å². The van der Waals surface area contributed by atoms with E-state index in [2.05, 4.69) is 21.8 Å². The van der Waals surface area contributed by atoms with Gasteiger partial charge in [0, 0.05) is 25.5 Å². The molecule has 0 radical (unpaired) electrons. The summed E-state index contributed by atoms with van der Waals surface area (Å²) in [7, 11) is 0. The van der Waals surface area contributed by atoms with Crippen LogP contribution in [0.2, 0.25) is 0 Å². The molecule has 0 aliphatic rings. The van der Waals surface area contributed by atoms with E-state index in [0.717, 1.165) is 18.9 Å². The van der Waals surface area contributed by atoms with Gasteiger partial charge in [-0.05, 0) is 36.8 Å². The number of nitrogens with zero attached hydrogens (tertiary/aromatic N) is 3. The summed E-state index contributed by atoms with van der Waals surface area (Å²) in [5.74, 6) is 0.943. The van der Waals surface area contributed by atoms with Crippen LogP contribution in [0.15, 0.2) is 42.9 Å². The smallest absolute Gasteiger partial charge is 0.128 e. The summed E-state index contributed by atoms with van der Waals surface area (Å²) in [6, 6.07) is 7.84. The maximum Gasteiger partial charge on any atom is 0.128 e. The Bertz CT molecular complexity index is 453. The molecule has 2 aromatic heterocycles. The monoisotopic (exact) mass is 228 g/mol. The molecule has 2 N–H and O–H groups in total. The van der Waals surface area contributed by atoms with Crippen LogP contribution in [0.3, 0.4) is 0 Å². The molecular weight excluding hydrogens is 212 g/mol. The van der Waals surface area contributed by atoms with E-state index in [1.807, 2.05) is 24.3 Å². The fourth-order valence-corrected chi connectivity index (χ4v) is 1.65. The lowest BCUT2D eigenvalue weighted by atomic mass is 10.2. The Labute approximate surface area is 101 Å². The van der Waals surface area contributed by atoms with Gasteiger partial charge in [0.25, 0.3) is 0 Å². The molecule has 0 spiro atoms. The number of hydrogen-bond donors (Lipinski definition) is 1. The second-order valence-electron chi connectivity index (χ2n) is 3.82. The molecule has 0 fully saturated rings. The lowest BCUT2D eigenvalue weighted by molar-refractivity contribution is 0.813. The topological polar surface area (TPSA) is 55.0 Å². The summed E-state index contributed by atoms with van der Waals surface area (Å²) >= 11 is 0. The van der Waals surface area contributed by atoms with Gasteiger partial charge in [0.2, 0.25) is 0 Å². The second-order valence-corrected chi connectivity index (χ2v) is 3.82. The van der Waals surface area contributed by atoms with Crippen LogP contribution >= 0.6 is 0 Å². The van der Waals surface area contributed by atoms with Crippen LogP contribution in [-0.4, -0.2) is 16.5 Å². The van der Waals surface area contributed by atoms with Crippen molar-refractivity contribution in [2.24, 2.45) is 0 Å². The van der Waals surface area contributed by atoms with Gasteiger partial charge in [-0.3, -0.25) is 4.98 Å². The van der Waals surface area contributed by atoms with E-state index in [1.165, 1.54) is 5.56 Å². The van der Waals surface area contributed by atoms with Gasteiger partial charge in [-0.25, -0.2) is 4.98 Å². The van der Waals surface area contributed by atoms with Crippen LogP contribution in [0.1, 0.15) is 12.5 Å². The number of nitrogens with two attached hydrogens (primary N) is 1. The summed E-state index contributed by atoms with van der Waals surface area (Å²) in [6.07, 6.45) is 5.30. The lowest BCUT2D eigenvalue weighted by Gasteiger charge is -2.21. The van der Waals surface area contributed by atoms with Crippen molar-refractivity contribution in [1.82, 2.24) is 9.97 Å². The molecule has 0 unspecified atom stereocenters. The van der Waals surface area contributed by atoms with Crippen LogP contribution in [0.25, 0.3) is 0 Å². The van der Waals surface area contributed by atoms with Gasteiger partial charge in [-0.1, -0.05) is 0 Å². The molecule has 0 aliphatic heterocycles. The number of aromatic nitrogens is 2. The Morgan fingerprint density at radius 3 is 2.53 bits per heavy atom. The predicted octanol–water partition coefficient (Wildman–Crippen LogP) is 2.09. The van der Waals surface area contributed by atoms with E-state index < -0.39 is 0 Å². The highest BCUT2D eigenvalue weighted by molar-refractivity contribution is 5.46. The normalized spacial score (nSPS) is 10.2. The van der Waals surface area contributed by atoms with Gasteiger partial charge >= 0.3 is 0 Å². The average molecular weight is 228 g/mol. The van der Waals surface area contributed by atoms with Crippen molar-refractivity contribution >= 4 is 11.5 Å². The Morgan fingerprint density at radius 2 is 1.94 bits per heavy atom. The first-order chi connectivity index (χ1) is 8.29. The van der Waals surface area contributed by atoms with Crippen molar-refractivity contribution in [1.29, 1.82) is 0 Å². The van der Waals surface area contributed by atoms with Gasteiger partial charge < -0.3 is 10.6 Å². The molecular formula is C13H16N4. The van der Waals surface area contributed by atoms with Gasteiger partial charge in [0.1, 0.15) is 5.82 Å². The fraction of sp³-hybridized carbons (Fsp3) is 0.231. The third-order valence-electron chi connectivity index (χ3n) is 2.60. The molecule has 4 nitrogen and oxygen atoms in total. The SMILES string of the molecule is CCN(Cc1ccncc1)c1ccc(N)cn1. The zero-order chi connectivity index (χ0) is 12.1. The first-order valence-electron chi connectivity index (χ1n) is 5.65. The van der Waals surface area contributed by atoms with E-state index >= 15 is 0 Å². The molecule has 0 amide bonds. The number of rotatable bonds is 4. The number of hydrogen-bond acceptors (Lipinski definition) is 4. The van der Waals surface area contributed by atoms with E-state index in [0.29, 0.717) is 5.69 Å². The van der Waals surface area contributed by atoms with Crippen molar-refractivity contribution in [2.75, 3.05) is 17.2 Å². The van der Waals surface area contributed by atoms with E-state index in [9.17, 15) is 0 Å². The molecule has 0 atom stereocenters. The third-order valence-corrected chi connectivity index (χ3v) is 2.60. The minimum Gasteiger partial charge on any atom is -0.397 e. The summed E-state index contributed by atoms with van der Waals surface area (Å²) in [4.78, 5) is 10.5. The molecule has 2 heterocycles. The van der Waals surface area contributed by atoms with Crippen LogP contribution in [0.4, 0.5) is 11.5 Å². The molecule has 0 saturated heterocycles. The third kappa shape index (κ3) is 2.93. The van der Waals surface area contributed by atoms with Gasteiger partial charge in [-0.15, -0.1) is 0 Å². The zero-order valence-corrected chi connectivity index (χ0v) is 9.87. The first kappa shape index (κ1) is 11.4. The Kier molecular flexibility index (Phi) is 3.55.